The number of aromatic nitrogens is 5. The van der Waals surface area contributed by atoms with E-state index in [-0.39, 0.29) is 16.9 Å². The normalized spacial score (nSPS) is 18.1. The quantitative estimate of drug-likeness (QED) is 0.273. The molecule has 0 aliphatic heterocycles. The summed E-state index contributed by atoms with van der Waals surface area (Å²) in [5.41, 5.74) is 5.19. The van der Waals surface area contributed by atoms with E-state index < -0.39 is 6.10 Å². The monoisotopic (exact) mass is 497 g/mol. The predicted octanol–water partition coefficient (Wildman–Crippen LogP) is 5.12. The van der Waals surface area contributed by atoms with Gasteiger partial charge in [0.05, 0.1) is 29.4 Å². The molecular weight excluding hydrogens is 474 g/mol. The van der Waals surface area contributed by atoms with Gasteiger partial charge in [0.15, 0.2) is 0 Å². The minimum Gasteiger partial charge on any atom is -0.391 e. The van der Waals surface area contributed by atoms with Gasteiger partial charge in [-0.1, -0.05) is 43.2 Å². The van der Waals surface area contributed by atoms with E-state index in [0.717, 1.165) is 46.9 Å². The Balaban J connectivity index is 1.42. The molecule has 1 aliphatic rings. The number of hydrogen-bond donors (Lipinski definition) is 1. The van der Waals surface area contributed by atoms with Crippen LogP contribution in [0, 0.1) is 0 Å². The summed E-state index contributed by atoms with van der Waals surface area (Å²) in [5.74, 6) is 0. The number of hydrogen-bond acceptors (Lipinski definition) is 6. The van der Waals surface area contributed by atoms with Crippen molar-refractivity contribution in [3.8, 4) is 11.1 Å². The van der Waals surface area contributed by atoms with Crippen molar-refractivity contribution in [2.24, 2.45) is 0 Å². The molecule has 0 spiro atoms. The Labute approximate surface area is 212 Å². The summed E-state index contributed by atoms with van der Waals surface area (Å²) in [4.78, 5) is 31.0. The molecule has 3 heterocycles. The molecule has 1 saturated carbocycles. The lowest BCUT2D eigenvalue weighted by Gasteiger charge is -2.29. The number of aliphatic hydroxyl groups is 1. The van der Waals surface area contributed by atoms with Gasteiger partial charge in [-0.25, -0.2) is 15.0 Å². The van der Waals surface area contributed by atoms with Crippen molar-refractivity contribution in [1.29, 1.82) is 0 Å². The summed E-state index contributed by atoms with van der Waals surface area (Å²) >= 11 is 5.81. The molecule has 0 radical (unpaired) electrons. The summed E-state index contributed by atoms with van der Waals surface area (Å²) in [7, 11) is 0. The van der Waals surface area contributed by atoms with Gasteiger partial charge in [-0.05, 0) is 59.7 Å². The SMILES string of the molecule is O=c1c2cc(Cc3ccc(-c4cnc(Cl)nc4)cc3)c3cccnc3c2ncn1[C@H]1CCCC[C@@H]1O. The molecule has 3 aromatic heterocycles. The molecule has 0 bridgehead atoms. The number of benzene rings is 2. The van der Waals surface area contributed by atoms with Gasteiger partial charge in [-0.2, -0.15) is 0 Å². The van der Waals surface area contributed by atoms with Gasteiger partial charge in [0.2, 0.25) is 5.28 Å². The number of fused-ring (bicyclic) bond motifs is 3. The highest BCUT2D eigenvalue weighted by Gasteiger charge is 2.26. The number of rotatable bonds is 4. The van der Waals surface area contributed by atoms with Crippen LogP contribution >= 0.6 is 11.6 Å². The molecule has 0 unspecified atom stereocenters. The number of aliphatic hydroxyl groups excluding tert-OH is 1. The lowest BCUT2D eigenvalue weighted by atomic mass is 9.92. The first-order chi connectivity index (χ1) is 17.6. The highest BCUT2D eigenvalue weighted by atomic mass is 35.5. The molecule has 0 saturated heterocycles. The van der Waals surface area contributed by atoms with E-state index in [4.69, 9.17) is 11.6 Å². The lowest BCUT2D eigenvalue weighted by molar-refractivity contribution is 0.0735. The van der Waals surface area contributed by atoms with Crippen molar-refractivity contribution in [3.05, 3.63) is 94.1 Å². The maximum absolute atomic E-state index is 13.6. The summed E-state index contributed by atoms with van der Waals surface area (Å²) < 4.78 is 1.62. The Morgan fingerprint density at radius 1 is 0.917 bits per heavy atom. The van der Waals surface area contributed by atoms with Gasteiger partial charge in [0.25, 0.3) is 5.56 Å². The fraction of sp³-hybridized carbons (Fsp3) is 0.250. The first-order valence-electron chi connectivity index (χ1n) is 12.1. The molecule has 7 nitrogen and oxygen atoms in total. The van der Waals surface area contributed by atoms with E-state index in [1.165, 1.54) is 0 Å². The van der Waals surface area contributed by atoms with E-state index in [1.54, 1.807) is 29.5 Å². The van der Waals surface area contributed by atoms with E-state index in [9.17, 15) is 9.90 Å². The van der Waals surface area contributed by atoms with Gasteiger partial charge in [-0.15, -0.1) is 0 Å². The van der Waals surface area contributed by atoms with Crippen LogP contribution in [0.15, 0.2) is 72.2 Å². The fourth-order valence-corrected chi connectivity index (χ4v) is 5.30. The van der Waals surface area contributed by atoms with Gasteiger partial charge in [-0.3, -0.25) is 14.3 Å². The van der Waals surface area contributed by atoms with Crippen molar-refractivity contribution >= 4 is 33.4 Å². The van der Waals surface area contributed by atoms with Crippen LogP contribution in [-0.2, 0) is 6.42 Å². The molecular formula is C28H24ClN5O2. The van der Waals surface area contributed by atoms with Crippen LogP contribution in [0.2, 0.25) is 5.28 Å². The molecule has 1 fully saturated rings. The van der Waals surface area contributed by atoms with Gasteiger partial charge in [0, 0.05) is 29.5 Å². The molecule has 5 aromatic rings. The summed E-state index contributed by atoms with van der Waals surface area (Å²) in [5, 5.41) is 12.3. The smallest absolute Gasteiger partial charge is 0.261 e. The number of nitrogens with zero attached hydrogens (tertiary/aromatic N) is 5. The topological polar surface area (TPSA) is 93.8 Å². The van der Waals surface area contributed by atoms with Crippen LogP contribution in [0.5, 0.6) is 0 Å². The van der Waals surface area contributed by atoms with E-state index >= 15 is 0 Å². The van der Waals surface area contributed by atoms with Crippen LogP contribution in [0.3, 0.4) is 0 Å². The average Bonchev–Trinajstić information content (AvgIpc) is 2.91. The van der Waals surface area contributed by atoms with E-state index in [2.05, 4.69) is 32.1 Å². The molecule has 2 atom stereocenters. The third-order valence-corrected chi connectivity index (χ3v) is 7.28. The number of pyridine rings is 1. The van der Waals surface area contributed by atoms with Crippen LogP contribution in [0.4, 0.5) is 0 Å². The largest absolute Gasteiger partial charge is 0.391 e. The lowest BCUT2D eigenvalue weighted by Crippen LogP contribution is -2.34. The van der Waals surface area contributed by atoms with Crippen molar-refractivity contribution in [2.75, 3.05) is 0 Å². The zero-order chi connectivity index (χ0) is 24.6. The molecule has 1 aliphatic carbocycles. The van der Waals surface area contributed by atoms with Crippen molar-refractivity contribution in [1.82, 2.24) is 24.5 Å². The third-order valence-electron chi connectivity index (χ3n) is 7.08. The zero-order valence-electron chi connectivity index (χ0n) is 19.5. The predicted molar refractivity (Wildman–Crippen MR) is 140 cm³/mol. The van der Waals surface area contributed by atoms with E-state index in [0.29, 0.717) is 29.3 Å². The molecule has 8 heteroatoms. The number of halogens is 1. The molecule has 1 N–H and O–H groups in total. The van der Waals surface area contributed by atoms with Crippen LogP contribution in [0.25, 0.3) is 32.9 Å². The highest BCUT2D eigenvalue weighted by molar-refractivity contribution is 6.28. The van der Waals surface area contributed by atoms with Crippen molar-refractivity contribution in [2.45, 2.75) is 44.2 Å². The Bertz CT molecular complexity index is 1620. The third kappa shape index (κ3) is 4.14. The fourth-order valence-electron chi connectivity index (χ4n) is 5.20. The Hall–Kier alpha value is -3.68. The van der Waals surface area contributed by atoms with Gasteiger partial charge >= 0.3 is 0 Å². The summed E-state index contributed by atoms with van der Waals surface area (Å²) in [6.07, 6.45) is 10.3. The molecule has 2 aromatic carbocycles. The van der Waals surface area contributed by atoms with Crippen LogP contribution < -0.4 is 5.56 Å². The highest BCUT2D eigenvalue weighted by Crippen LogP contribution is 2.30. The van der Waals surface area contributed by atoms with Crippen molar-refractivity contribution < 1.29 is 5.11 Å². The first-order valence-corrected chi connectivity index (χ1v) is 12.5. The molecule has 36 heavy (non-hydrogen) atoms. The molecule has 0 amide bonds. The van der Waals surface area contributed by atoms with Gasteiger partial charge < -0.3 is 5.11 Å². The van der Waals surface area contributed by atoms with E-state index in [1.807, 2.05) is 30.3 Å². The maximum Gasteiger partial charge on any atom is 0.261 e. The van der Waals surface area contributed by atoms with Crippen LogP contribution in [-0.4, -0.2) is 35.7 Å². The summed E-state index contributed by atoms with van der Waals surface area (Å²) in [6.45, 7) is 0. The molecule has 6 rings (SSSR count). The van der Waals surface area contributed by atoms with Crippen LogP contribution in [0.1, 0.15) is 42.9 Å². The Kier molecular flexibility index (Phi) is 5.95. The second kappa shape index (κ2) is 9.41. The minimum absolute atomic E-state index is 0.127. The minimum atomic E-state index is -0.529. The Morgan fingerprint density at radius 2 is 1.67 bits per heavy atom. The average molecular weight is 498 g/mol. The second-order valence-corrected chi connectivity index (χ2v) is 9.66. The Morgan fingerprint density at radius 3 is 2.44 bits per heavy atom. The standard InChI is InChI=1S/C28H24ClN5O2/c29-28-31-14-20(15-32-28)18-9-7-17(8-10-18)12-19-13-22-26(25-21(19)4-3-11-30-25)33-16-34(27(22)36)23-5-1-2-6-24(23)35/h3-4,7-11,13-16,23-24,35H,1-2,5-6,12H2/t23-,24-/m0/s1. The first kappa shape index (κ1) is 22.8. The molecule has 180 valence electrons. The second-order valence-electron chi connectivity index (χ2n) is 9.32. The zero-order valence-corrected chi connectivity index (χ0v) is 20.3. The maximum atomic E-state index is 13.6. The van der Waals surface area contributed by atoms with Gasteiger partial charge in [0.1, 0.15) is 5.52 Å². The summed E-state index contributed by atoms with van der Waals surface area (Å²) in [6, 6.07) is 13.8. The van der Waals surface area contributed by atoms with Crippen molar-refractivity contribution in [3.63, 3.8) is 0 Å².